The Morgan fingerprint density at radius 1 is 1.14 bits per heavy atom. The Morgan fingerprint density at radius 2 is 1.90 bits per heavy atom. The number of furan rings is 1. The molecule has 3 aromatic rings. The molecule has 0 aliphatic carbocycles. The number of nitrogens with two attached hydrogens (primary N) is 1. The van der Waals surface area contributed by atoms with Crippen molar-refractivity contribution in [3.05, 3.63) is 65.4 Å². The fourth-order valence-corrected chi connectivity index (χ4v) is 2.38. The fourth-order valence-electron chi connectivity index (χ4n) is 2.38. The quantitative estimate of drug-likeness (QED) is 0.452. The highest BCUT2D eigenvalue weighted by molar-refractivity contribution is 6.13. The minimum atomic E-state index is 0.672. The molecule has 3 rings (SSSR count). The van der Waals surface area contributed by atoms with Crippen molar-refractivity contribution >= 4 is 22.4 Å². The van der Waals surface area contributed by atoms with Gasteiger partial charge < -0.3 is 15.0 Å². The van der Waals surface area contributed by atoms with Crippen molar-refractivity contribution in [3.63, 3.8) is 0 Å². The number of nitrogens with zero attached hydrogens (tertiary/aromatic N) is 1. The van der Waals surface area contributed by atoms with E-state index in [4.69, 9.17) is 15.0 Å². The molecular formula is C17H16N2O2. The maximum Gasteiger partial charge on any atom is 0.160 e. The first-order valence-electron chi connectivity index (χ1n) is 6.66. The fraction of sp³-hybridized carbons (Fsp3) is 0.118. The molecule has 1 heterocycles. The third kappa shape index (κ3) is 2.36. The van der Waals surface area contributed by atoms with E-state index in [0.717, 1.165) is 22.1 Å². The van der Waals surface area contributed by atoms with Crippen LogP contribution in [0.3, 0.4) is 0 Å². The first kappa shape index (κ1) is 13.2. The topological polar surface area (TPSA) is 60.8 Å². The number of nitrogen functional groups attached to an aromatic ring is 1. The number of fused-ring (bicyclic) bond motifs is 1. The lowest BCUT2D eigenvalue weighted by Gasteiger charge is -2.04. The lowest BCUT2D eigenvalue weighted by atomic mass is 10.0. The summed E-state index contributed by atoms with van der Waals surface area (Å²) in [4.78, 5) is 4.99. The average molecular weight is 280 g/mol. The normalized spacial score (nSPS) is 11.8. The van der Waals surface area contributed by atoms with E-state index in [2.05, 4.69) is 5.16 Å². The van der Waals surface area contributed by atoms with Crippen LogP contribution in [0, 0.1) is 6.92 Å². The molecule has 0 unspecified atom stereocenters. The smallest absolute Gasteiger partial charge is 0.160 e. The highest BCUT2D eigenvalue weighted by atomic mass is 16.6. The zero-order valence-corrected chi connectivity index (χ0v) is 12.0. The molecule has 21 heavy (non-hydrogen) atoms. The third-order valence-electron chi connectivity index (χ3n) is 3.41. The van der Waals surface area contributed by atoms with E-state index in [-0.39, 0.29) is 0 Å². The van der Waals surface area contributed by atoms with Crippen LogP contribution in [-0.2, 0) is 4.84 Å². The molecule has 0 aliphatic heterocycles. The maximum atomic E-state index is 5.96. The Balaban J connectivity index is 2.21. The summed E-state index contributed by atoms with van der Waals surface area (Å²) in [5, 5.41) is 5.13. The van der Waals surface area contributed by atoms with Crippen molar-refractivity contribution in [2.45, 2.75) is 6.92 Å². The summed E-state index contributed by atoms with van der Waals surface area (Å²) in [6.07, 6.45) is 0. The van der Waals surface area contributed by atoms with Crippen molar-refractivity contribution < 1.29 is 9.25 Å². The highest BCUT2D eigenvalue weighted by Crippen LogP contribution is 2.29. The molecule has 106 valence electrons. The minimum absolute atomic E-state index is 0.672. The molecule has 0 fully saturated rings. The van der Waals surface area contributed by atoms with Gasteiger partial charge in [0.25, 0.3) is 0 Å². The molecular weight excluding hydrogens is 264 g/mol. The molecule has 0 saturated carbocycles. The van der Waals surface area contributed by atoms with Gasteiger partial charge in [0.05, 0.1) is 0 Å². The van der Waals surface area contributed by atoms with Crippen molar-refractivity contribution in [1.29, 1.82) is 0 Å². The van der Waals surface area contributed by atoms with Gasteiger partial charge in [-0.1, -0.05) is 35.5 Å². The van der Waals surface area contributed by atoms with Gasteiger partial charge in [0.2, 0.25) is 0 Å². The van der Waals surface area contributed by atoms with Gasteiger partial charge in [-0.3, -0.25) is 0 Å². The van der Waals surface area contributed by atoms with E-state index in [0.29, 0.717) is 17.2 Å². The molecule has 2 aromatic carbocycles. The Bertz CT molecular complexity index is 804. The number of benzene rings is 2. The molecule has 0 atom stereocenters. The Kier molecular flexibility index (Phi) is 3.36. The van der Waals surface area contributed by atoms with Crippen LogP contribution < -0.4 is 5.73 Å². The van der Waals surface area contributed by atoms with E-state index in [1.165, 1.54) is 7.11 Å². The monoisotopic (exact) mass is 280 g/mol. The van der Waals surface area contributed by atoms with Crippen LogP contribution in [0.2, 0.25) is 0 Å². The largest absolute Gasteiger partial charge is 0.454 e. The third-order valence-corrected chi connectivity index (χ3v) is 3.41. The van der Waals surface area contributed by atoms with E-state index in [9.17, 15) is 0 Å². The zero-order chi connectivity index (χ0) is 14.8. The van der Waals surface area contributed by atoms with Gasteiger partial charge in [0, 0.05) is 22.2 Å². The summed E-state index contributed by atoms with van der Waals surface area (Å²) in [6, 6.07) is 15.4. The first-order chi connectivity index (χ1) is 10.2. The molecule has 0 radical (unpaired) electrons. The van der Waals surface area contributed by atoms with Gasteiger partial charge in [-0.05, 0) is 25.1 Å². The van der Waals surface area contributed by atoms with Gasteiger partial charge >= 0.3 is 0 Å². The van der Waals surface area contributed by atoms with Crippen LogP contribution in [0.15, 0.2) is 58.1 Å². The van der Waals surface area contributed by atoms with E-state index in [1.807, 2.05) is 55.5 Å². The first-order valence-corrected chi connectivity index (χ1v) is 6.66. The molecule has 0 spiro atoms. The second-order valence-corrected chi connectivity index (χ2v) is 4.80. The number of anilines is 1. The van der Waals surface area contributed by atoms with Gasteiger partial charge in [0.15, 0.2) is 11.5 Å². The van der Waals surface area contributed by atoms with Crippen LogP contribution in [0.1, 0.15) is 16.9 Å². The summed E-state index contributed by atoms with van der Waals surface area (Å²) >= 11 is 0. The van der Waals surface area contributed by atoms with Crippen molar-refractivity contribution in [3.8, 4) is 0 Å². The minimum Gasteiger partial charge on any atom is -0.454 e. The molecule has 1 aromatic heterocycles. The summed E-state index contributed by atoms with van der Waals surface area (Å²) in [7, 11) is 1.53. The summed E-state index contributed by atoms with van der Waals surface area (Å²) in [5.41, 5.74) is 9.96. The Morgan fingerprint density at radius 3 is 2.62 bits per heavy atom. The molecule has 2 N–H and O–H groups in total. The molecule has 4 heteroatoms. The second-order valence-electron chi connectivity index (χ2n) is 4.80. The number of hydrogen-bond acceptors (Lipinski definition) is 4. The predicted octanol–water partition coefficient (Wildman–Crippen LogP) is 3.72. The van der Waals surface area contributed by atoms with Crippen molar-refractivity contribution in [2.75, 3.05) is 12.8 Å². The number of aryl methyl sites for hydroxylation is 1. The zero-order valence-electron chi connectivity index (χ0n) is 12.0. The highest BCUT2D eigenvalue weighted by Gasteiger charge is 2.18. The second kappa shape index (κ2) is 5.32. The van der Waals surface area contributed by atoms with Crippen molar-refractivity contribution in [1.82, 2.24) is 0 Å². The van der Waals surface area contributed by atoms with Gasteiger partial charge in [-0.15, -0.1) is 0 Å². The van der Waals surface area contributed by atoms with Crippen molar-refractivity contribution in [2.24, 2.45) is 5.16 Å². The van der Waals surface area contributed by atoms with Crippen LogP contribution >= 0.6 is 0 Å². The molecule has 0 saturated heterocycles. The molecule has 0 aliphatic rings. The number of hydrogen-bond donors (Lipinski definition) is 1. The summed E-state index contributed by atoms with van der Waals surface area (Å²) in [6.45, 7) is 1.99. The SMILES string of the molecule is CO/N=C(\c1ccccc1)c1oc2ccc(N)cc2c1C. The lowest BCUT2D eigenvalue weighted by molar-refractivity contribution is 0.213. The van der Waals surface area contributed by atoms with Crippen LogP contribution in [0.4, 0.5) is 5.69 Å². The Hall–Kier alpha value is -2.75. The maximum absolute atomic E-state index is 5.96. The Labute approximate surface area is 122 Å². The van der Waals surface area contributed by atoms with E-state index < -0.39 is 0 Å². The summed E-state index contributed by atoms with van der Waals surface area (Å²) < 4.78 is 5.96. The molecule has 0 amide bonds. The van der Waals surface area contributed by atoms with E-state index >= 15 is 0 Å². The van der Waals surface area contributed by atoms with Gasteiger partial charge in [-0.2, -0.15) is 0 Å². The van der Waals surface area contributed by atoms with Gasteiger partial charge in [-0.25, -0.2) is 0 Å². The molecule has 4 nitrogen and oxygen atoms in total. The van der Waals surface area contributed by atoms with Crippen LogP contribution in [0.5, 0.6) is 0 Å². The van der Waals surface area contributed by atoms with Crippen LogP contribution in [0.25, 0.3) is 11.0 Å². The van der Waals surface area contributed by atoms with E-state index in [1.54, 1.807) is 0 Å². The average Bonchev–Trinajstić information content (AvgIpc) is 2.82. The lowest BCUT2D eigenvalue weighted by Crippen LogP contribution is -2.04. The number of rotatable bonds is 3. The number of oxime groups is 1. The molecule has 0 bridgehead atoms. The van der Waals surface area contributed by atoms with Gasteiger partial charge in [0.1, 0.15) is 12.7 Å². The predicted molar refractivity (Wildman–Crippen MR) is 84.5 cm³/mol. The van der Waals surface area contributed by atoms with Crippen LogP contribution in [-0.4, -0.2) is 12.8 Å². The summed E-state index contributed by atoms with van der Waals surface area (Å²) in [5.74, 6) is 0.698. The standard InChI is InChI=1S/C17H16N2O2/c1-11-14-10-13(18)8-9-15(14)21-17(11)16(19-20-2)12-6-4-3-5-7-12/h3-10H,18H2,1-2H3/b19-16+.